The number of hydrogen-bond donors (Lipinski definition) is 2. The average molecular weight is 328 g/mol. The molecule has 1 heterocycles. The minimum absolute atomic E-state index is 0.00517. The van der Waals surface area contributed by atoms with E-state index in [4.69, 9.17) is 17.3 Å². The third kappa shape index (κ3) is 3.10. The molecule has 0 fully saturated rings. The lowest BCUT2D eigenvalue weighted by molar-refractivity contribution is -0.118. The molecule has 1 amide bonds. The number of nitrogens with one attached hydrogen (secondary N) is 1. The van der Waals surface area contributed by atoms with E-state index < -0.39 is 22.5 Å². The van der Waals surface area contributed by atoms with Gasteiger partial charge in [-0.3, -0.25) is 4.79 Å². The molecule has 0 aliphatic heterocycles. The van der Waals surface area contributed by atoms with Crippen LogP contribution in [0.15, 0.2) is 41.9 Å². The number of sulfonamides is 1. The molecule has 2 aromatic rings. The SMILES string of the molecule is C=CCN(CC(N)=O)S(=O)(=O)c1ccc2c(Cl)c[nH]c2c1. The van der Waals surface area contributed by atoms with Gasteiger partial charge in [-0.05, 0) is 18.2 Å². The van der Waals surface area contributed by atoms with Crippen LogP contribution in [-0.2, 0) is 14.8 Å². The normalized spacial score (nSPS) is 11.9. The highest BCUT2D eigenvalue weighted by molar-refractivity contribution is 7.89. The van der Waals surface area contributed by atoms with Crippen molar-refractivity contribution >= 4 is 38.4 Å². The number of primary amides is 1. The van der Waals surface area contributed by atoms with Crippen LogP contribution in [0.4, 0.5) is 0 Å². The highest BCUT2D eigenvalue weighted by Gasteiger charge is 2.25. The number of nitrogens with zero attached hydrogens (tertiary/aromatic N) is 1. The number of H-pyrrole nitrogens is 1. The molecule has 0 bridgehead atoms. The first-order chi connectivity index (χ1) is 9.86. The molecule has 6 nitrogen and oxygen atoms in total. The summed E-state index contributed by atoms with van der Waals surface area (Å²) in [6, 6.07) is 4.51. The Labute approximate surface area is 127 Å². The Morgan fingerprint density at radius 2 is 2.19 bits per heavy atom. The Bertz CT molecular complexity index is 798. The van der Waals surface area contributed by atoms with E-state index in [1.165, 1.54) is 18.2 Å². The summed E-state index contributed by atoms with van der Waals surface area (Å²) < 4.78 is 26.0. The minimum atomic E-state index is -3.84. The lowest BCUT2D eigenvalue weighted by Gasteiger charge is -2.19. The van der Waals surface area contributed by atoms with Crippen molar-refractivity contribution in [1.29, 1.82) is 0 Å². The second kappa shape index (κ2) is 5.88. The number of hydrogen-bond acceptors (Lipinski definition) is 3. The van der Waals surface area contributed by atoms with Gasteiger partial charge in [0.05, 0.1) is 16.5 Å². The molecule has 0 radical (unpaired) electrons. The molecule has 0 saturated carbocycles. The van der Waals surface area contributed by atoms with E-state index in [2.05, 4.69) is 11.6 Å². The zero-order valence-electron chi connectivity index (χ0n) is 11.0. The van der Waals surface area contributed by atoms with Crippen molar-refractivity contribution in [3.05, 3.63) is 42.1 Å². The quantitative estimate of drug-likeness (QED) is 0.786. The van der Waals surface area contributed by atoms with E-state index in [9.17, 15) is 13.2 Å². The van der Waals surface area contributed by atoms with Gasteiger partial charge in [-0.25, -0.2) is 8.42 Å². The molecule has 0 atom stereocenters. The molecule has 0 aliphatic carbocycles. The molecule has 0 spiro atoms. The fourth-order valence-corrected chi connectivity index (χ4v) is 3.57. The first kappa shape index (κ1) is 15.6. The van der Waals surface area contributed by atoms with Gasteiger partial charge in [-0.2, -0.15) is 4.31 Å². The Hall–Kier alpha value is -1.83. The number of aromatic amines is 1. The topological polar surface area (TPSA) is 96.3 Å². The largest absolute Gasteiger partial charge is 0.369 e. The van der Waals surface area contributed by atoms with Crippen LogP contribution in [0.2, 0.25) is 5.02 Å². The van der Waals surface area contributed by atoms with Crippen LogP contribution in [0.1, 0.15) is 0 Å². The summed E-state index contributed by atoms with van der Waals surface area (Å²) in [5.41, 5.74) is 5.69. The molecule has 2 rings (SSSR count). The van der Waals surface area contributed by atoms with Gasteiger partial charge < -0.3 is 10.7 Å². The Balaban J connectivity index is 2.47. The Kier molecular flexibility index (Phi) is 4.36. The summed E-state index contributed by atoms with van der Waals surface area (Å²) in [7, 11) is -3.84. The lowest BCUT2D eigenvalue weighted by atomic mass is 10.2. The monoisotopic (exact) mass is 327 g/mol. The highest BCUT2D eigenvalue weighted by atomic mass is 35.5. The third-order valence-corrected chi connectivity index (χ3v) is 5.03. The maximum Gasteiger partial charge on any atom is 0.243 e. The third-order valence-electron chi connectivity index (χ3n) is 2.91. The fraction of sp³-hybridized carbons (Fsp3) is 0.154. The van der Waals surface area contributed by atoms with Crippen LogP contribution in [0.3, 0.4) is 0 Å². The highest BCUT2D eigenvalue weighted by Crippen LogP contribution is 2.26. The zero-order valence-corrected chi connectivity index (χ0v) is 12.6. The van der Waals surface area contributed by atoms with Crippen LogP contribution in [0.25, 0.3) is 10.9 Å². The minimum Gasteiger partial charge on any atom is -0.369 e. The molecule has 8 heteroatoms. The average Bonchev–Trinajstić information content (AvgIpc) is 2.79. The van der Waals surface area contributed by atoms with Crippen LogP contribution >= 0.6 is 11.6 Å². The molecule has 0 unspecified atom stereocenters. The molecule has 3 N–H and O–H groups in total. The summed E-state index contributed by atoms with van der Waals surface area (Å²) in [6.45, 7) is 3.08. The number of rotatable bonds is 6. The second-order valence-electron chi connectivity index (χ2n) is 4.40. The van der Waals surface area contributed by atoms with E-state index >= 15 is 0 Å². The fourth-order valence-electron chi connectivity index (χ4n) is 1.94. The Morgan fingerprint density at radius 3 is 2.81 bits per heavy atom. The summed E-state index contributed by atoms with van der Waals surface area (Å²) >= 11 is 5.95. The van der Waals surface area contributed by atoms with Gasteiger partial charge in [-0.1, -0.05) is 17.7 Å². The molecule has 112 valence electrons. The molecule has 1 aromatic carbocycles. The zero-order chi connectivity index (χ0) is 15.6. The van der Waals surface area contributed by atoms with E-state index in [1.807, 2.05) is 0 Å². The summed E-state index contributed by atoms with van der Waals surface area (Å²) in [5.74, 6) is -0.732. The lowest BCUT2D eigenvalue weighted by Crippen LogP contribution is -2.38. The van der Waals surface area contributed by atoms with Crippen LogP contribution in [0, 0.1) is 0 Å². The molecule has 0 aliphatic rings. The van der Waals surface area contributed by atoms with Crippen LogP contribution < -0.4 is 5.73 Å². The Morgan fingerprint density at radius 1 is 1.48 bits per heavy atom. The number of carbonyl (C=O) groups excluding carboxylic acids is 1. The van der Waals surface area contributed by atoms with Gasteiger partial charge in [0.25, 0.3) is 0 Å². The van der Waals surface area contributed by atoms with Gasteiger partial charge in [0.15, 0.2) is 0 Å². The number of fused-ring (bicyclic) bond motifs is 1. The van der Waals surface area contributed by atoms with Crippen molar-refractivity contribution in [3.8, 4) is 0 Å². The molecule has 0 saturated heterocycles. The summed E-state index contributed by atoms with van der Waals surface area (Å²) in [5, 5.41) is 1.23. The van der Waals surface area contributed by atoms with Gasteiger partial charge in [0.2, 0.25) is 15.9 Å². The maximum atomic E-state index is 12.5. The van der Waals surface area contributed by atoms with E-state index in [-0.39, 0.29) is 11.4 Å². The van der Waals surface area contributed by atoms with Crippen molar-refractivity contribution in [2.45, 2.75) is 4.90 Å². The first-order valence-electron chi connectivity index (χ1n) is 6.02. The molecular weight excluding hydrogens is 314 g/mol. The first-order valence-corrected chi connectivity index (χ1v) is 7.84. The molecule has 21 heavy (non-hydrogen) atoms. The smallest absolute Gasteiger partial charge is 0.243 e. The van der Waals surface area contributed by atoms with Crippen molar-refractivity contribution < 1.29 is 13.2 Å². The summed E-state index contributed by atoms with van der Waals surface area (Å²) in [4.78, 5) is 14.0. The van der Waals surface area contributed by atoms with Gasteiger partial charge in [-0.15, -0.1) is 6.58 Å². The van der Waals surface area contributed by atoms with Gasteiger partial charge >= 0.3 is 0 Å². The number of benzene rings is 1. The molecular formula is C13H14ClN3O3S. The van der Waals surface area contributed by atoms with Gasteiger partial charge in [0, 0.05) is 23.6 Å². The predicted octanol–water partition coefficient (Wildman–Crippen LogP) is 1.48. The van der Waals surface area contributed by atoms with E-state index in [1.54, 1.807) is 12.3 Å². The standard InChI is InChI=1S/C13H14ClN3O3S/c1-2-5-17(8-13(15)18)21(19,20)9-3-4-10-11(14)7-16-12(10)6-9/h2-4,6-7,16H,1,5,8H2,(H2,15,18). The second-order valence-corrected chi connectivity index (χ2v) is 6.74. The number of carbonyl (C=O) groups is 1. The van der Waals surface area contributed by atoms with Gasteiger partial charge in [0.1, 0.15) is 0 Å². The van der Waals surface area contributed by atoms with E-state index in [0.717, 1.165) is 9.69 Å². The van der Waals surface area contributed by atoms with Crippen molar-refractivity contribution in [2.75, 3.05) is 13.1 Å². The van der Waals surface area contributed by atoms with Crippen molar-refractivity contribution in [1.82, 2.24) is 9.29 Å². The van der Waals surface area contributed by atoms with E-state index in [0.29, 0.717) is 10.5 Å². The number of nitrogens with two attached hydrogens (primary N) is 1. The van der Waals surface area contributed by atoms with Crippen molar-refractivity contribution in [3.63, 3.8) is 0 Å². The number of halogens is 1. The maximum absolute atomic E-state index is 12.5. The summed E-state index contributed by atoms with van der Waals surface area (Å²) in [6.07, 6.45) is 2.97. The number of aromatic nitrogens is 1. The molecule has 1 aromatic heterocycles. The van der Waals surface area contributed by atoms with Crippen molar-refractivity contribution in [2.24, 2.45) is 5.73 Å². The predicted molar refractivity (Wildman–Crippen MR) is 81.5 cm³/mol. The number of amides is 1. The van der Waals surface area contributed by atoms with Crippen LogP contribution in [-0.4, -0.2) is 36.7 Å². The van der Waals surface area contributed by atoms with Crippen LogP contribution in [0.5, 0.6) is 0 Å².